The fourth-order valence-electron chi connectivity index (χ4n) is 1.04. The lowest BCUT2D eigenvalue weighted by Gasteiger charge is -2.06. The van der Waals surface area contributed by atoms with Crippen molar-refractivity contribution in [2.45, 2.75) is 6.92 Å². The summed E-state index contributed by atoms with van der Waals surface area (Å²) in [6, 6.07) is 0. The van der Waals surface area contributed by atoms with E-state index in [1.807, 2.05) is 0 Å². The lowest BCUT2D eigenvalue weighted by atomic mass is 10.0. The first-order valence-corrected chi connectivity index (χ1v) is 6.10. The molecule has 0 rings (SSSR count). The molecule has 0 radical (unpaired) electrons. The van der Waals surface area contributed by atoms with Crippen LogP contribution in [0.2, 0.25) is 0 Å². The van der Waals surface area contributed by atoms with E-state index in [9.17, 15) is 13.2 Å². The van der Waals surface area contributed by atoms with Gasteiger partial charge in [-0.25, -0.2) is 13.2 Å². The third-order valence-corrected chi connectivity index (χ3v) is 2.42. The van der Waals surface area contributed by atoms with Gasteiger partial charge < -0.3 is 0 Å². The number of halogens is 3. The summed E-state index contributed by atoms with van der Waals surface area (Å²) >= 11 is 0. The van der Waals surface area contributed by atoms with Crippen molar-refractivity contribution in [2.24, 2.45) is 0 Å². The van der Waals surface area contributed by atoms with Crippen LogP contribution < -0.4 is 0 Å². The molecule has 118 valence electrons. The van der Waals surface area contributed by atoms with E-state index >= 15 is 0 Å². The topological polar surface area (TPSA) is 0 Å². The van der Waals surface area contributed by atoms with E-state index in [2.05, 4.69) is 52.6 Å². The van der Waals surface area contributed by atoms with E-state index in [1.165, 1.54) is 19.1 Å². The second-order valence-corrected chi connectivity index (χ2v) is 4.15. The molecule has 0 saturated heterocycles. The SMILES string of the molecule is C=C.C=C(F)C(=C)C(=C)/C=C\C(=C)C(=C)/C(F)=C(/F)C(=C)C. The van der Waals surface area contributed by atoms with E-state index in [0.717, 1.165) is 0 Å². The summed E-state index contributed by atoms with van der Waals surface area (Å²) in [6.45, 7) is 27.7. The molecule has 0 amide bonds. The van der Waals surface area contributed by atoms with E-state index in [0.29, 0.717) is 0 Å². The van der Waals surface area contributed by atoms with Gasteiger partial charge in [0.05, 0.1) is 0 Å². The van der Waals surface area contributed by atoms with Gasteiger partial charge in [0.15, 0.2) is 11.7 Å². The van der Waals surface area contributed by atoms with Gasteiger partial charge >= 0.3 is 0 Å². The number of allylic oxidation sites excluding steroid dienone is 10. The Morgan fingerprint density at radius 3 is 1.36 bits per heavy atom. The zero-order chi connectivity index (χ0) is 18.0. The van der Waals surface area contributed by atoms with Gasteiger partial charge in [-0.2, -0.15) is 0 Å². The molecule has 0 bridgehead atoms. The second-order valence-electron chi connectivity index (χ2n) is 4.15. The Balaban J connectivity index is 0. The highest BCUT2D eigenvalue weighted by molar-refractivity contribution is 5.52. The minimum atomic E-state index is -1.13. The third-order valence-electron chi connectivity index (χ3n) is 2.42. The van der Waals surface area contributed by atoms with Gasteiger partial charge in [-0.15, -0.1) is 13.2 Å². The lowest BCUT2D eigenvalue weighted by Crippen LogP contribution is -1.90. The van der Waals surface area contributed by atoms with Crippen LogP contribution in [-0.4, -0.2) is 0 Å². The van der Waals surface area contributed by atoms with Crippen LogP contribution in [0.1, 0.15) is 6.92 Å². The van der Waals surface area contributed by atoms with Gasteiger partial charge in [-0.3, -0.25) is 0 Å². The maximum atomic E-state index is 13.6. The minimum absolute atomic E-state index is 0.0174. The molecule has 0 unspecified atom stereocenters. The second kappa shape index (κ2) is 10.2. The van der Waals surface area contributed by atoms with Crippen molar-refractivity contribution in [1.82, 2.24) is 0 Å². The van der Waals surface area contributed by atoms with Crippen molar-refractivity contribution in [2.75, 3.05) is 0 Å². The summed E-state index contributed by atoms with van der Waals surface area (Å²) in [7, 11) is 0. The minimum Gasteiger partial charge on any atom is -0.207 e. The summed E-state index contributed by atoms with van der Waals surface area (Å²) in [5.41, 5.74) is 0.114. The Kier molecular flexibility index (Phi) is 10.1. The van der Waals surface area contributed by atoms with Crippen molar-refractivity contribution in [3.05, 3.63) is 110 Å². The Morgan fingerprint density at radius 2 is 1.05 bits per heavy atom. The van der Waals surface area contributed by atoms with Crippen LogP contribution in [-0.2, 0) is 0 Å². The molecule has 0 fully saturated rings. The predicted molar refractivity (Wildman–Crippen MR) is 91.3 cm³/mol. The highest BCUT2D eigenvalue weighted by Gasteiger charge is 2.12. The molecule has 3 heteroatoms. The van der Waals surface area contributed by atoms with Crippen LogP contribution in [0.4, 0.5) is 13.2 Å². The number of rotatable bonds is 7. The molecule has 0 aromatic carbocycles. The Hall–Kier alpha value is -2.55. The molecule has 22 heavy (non-hydrogen) atoms. The van der Waals surface area contributed by atoms with Crippen molar-refractivity contribution in [3.8, 4) is 0 Å². The lowest BCUT2D eigenvalue weighted by molar-refractivity contribution is 0.558. The summed E-state index contributed by atoms with van der Waals surface area (Å²) in [4.78, 5) is 0. The van der Waals surface area contributed by atoms with Crippen LogP contribution in [0, 0.1) is 0 Å². The van der Waals surface area contributed by atoms with E-state index < -0.39 is 17.5 Å². The molecule has 0 heterocycles. The molecule has 0 aliphatic carbocycles. The van der Waals surface area contributed by atoms with Gasteiger partial charge in [0.2, 0.25) is 0 Å². The molecule has 0 N–H and O–H groups in total. The molecule has 0 saturated carbocycles. The fourth-order valence-corrected chi connectivity index (χ4v) is 1.04. The third kappa shape index (κ3) is 6.75. The quantitative estimate of drug-likeness (QED) is 0.359. The van der Waals surface area contributed by atoms with Crippen LogP contribution >= 0.6 is 0 Å². The van der Waals surface area contributed by atoms with Crippen LogP contribution in [0.3, 0.4) is 0 Å². The Bertz CT molecular complexity index is 584. The van der Waals surface area contributed by atoms with Crippen LogP contribution in [0.15, 0.2) is 110 Å². The van der Waals surface area contributed by atoms with E-state index in [4.69, 9.17) is 0 Å². The van der Waals surface area contributed by atoms with Crippen molar-refractivity contribution >= 4 is 0 Å². The first-order chi connectivity index (χ1) is 10.1. The van der Waals surface area contributed by atoms with Gasteiger partial charge in [0.1, 0.15) is 5.83 Å². The van der Waals surface area contributed by atoms with Crippen molar-refractivity contribution in [3.63, 3.8) is 0 Å². The number of hydrogen-bond acceptors (Lipinski definition) is 0. The van der Waals surface area contributed by atoms with Crippen molar-refractivity contribution < 1.29 is 13.2 Å². The molecule has 0 aliphatic heterocycles. The van der Waals surface area contributed by atoms with Gasteiger partial charge in [0, 0.05) is 11.1 Å². The summed E-state index contributed by atoms with van der Waals surface area (Å²) in [6.07, 6.45) is 2.70. The van der Waals surface area contributed by atoms with Gasteiger partial charge in [-0.05, 0) is 23.6 Å². The van der Waals surface area contributed by atoms with Gasteiger partial charge in [0.25, 0.3) is 0 Å². The molecular formula is C19H21F3. The predicted octanol–water partition coefficient (Wildman–Crippen LogP) is 6.78. The molecular weight excluding hydrogens is 285 g/mol. The highest BCUT2D eigenvalue weighted by Crippen LogP contribution is 2.26. The zero-order valence-corrected chi connectivity index (χ0v) is 12.9. The molecule has 0 aromatic heterocycles. The first kappa shape index (κ1) is 21.7. The average Bonchev–Trinajstić information content (AvgIpc) is 2.50. The molecule has 0 spiro atoms. The Morgan fingerprint density at radius 1 is 0.682 bits per heavy atom. The standard InChI is InChI=1S/C17H17F3.C2H4/c1-10(2)16(19)17(20)14(6)12(4)9-8-11(3)13(5)15(7)18;1-2/h8-9H,1,3-7H2,2H3;1-2H2/b9-8-,17-16-;. The highest BCUT2D eigenvalue weighted by atomic mass is 19.2. The summed E-state index contributed by atoms with van der Waals surface area (Å²) in [5, 5.41) is 0. The Labute approximate surface area is 131 Å². The zero-order valence-electron chi connectivity index (χ0n) is 12.9. The monoisotopic (exact) mass is 306 g/mol. The van der Waals surface area contributed by atoms with Gasteiger partial charge in [-0.1, -0.05) is 51.6 Å². The molecule has 0 aliphatic rings. The number of hydrogen-bond donors (Lipinski definition) is 0. The largest absolute Gasteiger partial charge is 0.207 e. The molecule has 0 atom stereocenters. The van der Waals surface area contributed by atoms with Crippen molar-refractivity contribution in [1.29, 1.82) is 0 Å². The van der Waals surface area contributed by atoms with E-state index in [-0.39, 0.29) is 27.9 Å². The first-order valence-electron chi connectivity index (χ1n) is 6.10. The molecule has 0 nitrogen and oxygen atoms in total. The summed E-state index contributed by atoms with van der Waals surface area (Å²) in [5.74, 6) is -2.93. The summed E-state index contributed by atoms with van der Waals surface area (Å²) < 4.78 is 39.8. The maximum absolute atomic E-state index is 13.6. The van der Waals surface area contributed by atoms with Crippen LogP contribution in [0.25, 0.3) is 0 Å². The normalized spacial score (nSPS) is 10.9. The van der Waals surface area contributed by atoms with Crippen LogP contribution in [0.5, 0.6) is 0 Å². The fraction of sp³-hybridized carbons (Fsp3) is 0.0526. The van der Waals surface area contributed by atoms with E-state index in [1.54, 1.807) is 0 Å². The smallest absolute Gasteiger partial charge is 0.166 e. The molecule has 0 aromatic rings. The average molecular weight is 306 g/mol. The maximum Gasteiger partial charge on any atom is 0.166 e.